The number of fused-ring (bicyclic) bond motifs is 5. The lowest BCUT2D eigenvalue weighted by molar-refractivity contribution is -0.137. The Hall–Kier alpha value is -2.24. The van der Waals surface area contributed by atoms with Gasteiger partial charge in [-0.25, -0.2) is 4.79 Å². The number of nitrogens with one attached hydrogen (secondary N) is 1. The van der Waals surface area contributed by atoms with Crippen molar-refractivity contribution in [1.82, 2.24) is 9.88 Å². The van der Waals surface area contributed by atoms with Crippen LogP contribution in [0.2, 0.25) is 0 Å². The van der Waals surface area contributed by atoms with Crippen molar-refractivity contribution in [1.29, 1.82) is 0 Å². The highest BCUT2D eigenvalue weighted by Gasteiger charge is 2.42. The molecule has 1 aromatic carbocycles. The second-order valence-corrected chi connectivity index (χ2v) is 7.37. The van der Waals surface area contributed by atoms with Gasteiger partial charge in [-0.1, -0.05) is 24.3 Å². The molecular weight excluding hydrogens is 376 g/mol. The second-order valence-electron chi connectivity index (χ2n) is 7.37. The normalized spacial score (nSPS) is 24.6. The molecule has 0 spiro atoms. The molecule has 6 heteroatoms. The highest BCUT2D eigenvalue weighted by atomic mass is 35.5. The van der Waals surface area contributed by atoms with Crippen molar-refractivity contribution in [2.45, 2.75) is 18.9 Å². The van der Waals surface area contributed by atoms with Crippen molar-refractivity contribution in [3.05, 3.63) is 60.0 Å². The molecule has 1 N–H and O–H groups in total. The van der Waals surface area contributed by atoms with Gasteiger partial charge in [0.15, 0.2) is 0 Å². The van der Waals surface area contributed by atoms with Crippen LogP contribution in [0.5, 0.6) is 0 Å². The van der Waals surface area contributed by atoms with Crippen molar-refractivity contribution in [3.8, 4) is 0 Å². The quantitative estimate of drug-likeness (QED) is 0.354. The molecule has 150 valence electrons. The first-order valence-electron chi connectivity index (χ1n) is 9.45. The number of rotatable bonds is 4. The molecule has 0 unspecified atom stereocenters. The molecule has 1 saturated heterocycles. The number of esters is 1. The van der Waals surface area contributed by atoms with E-state index >= 15 is 0 Å². The van der Waals surface area contributed by atoms with E-state index in [0.29, 0.717) is 5.57 Å². The predicted molar refractivity (Wildman–Crippen MR) is 106 cm³/mol. The average molecular weight is 403 g/mol. The lowest BCUT2D eigenvalue weighted by Gasteiger charge is -2.45. The monoisotopic (exact) mass is 402 g/mol. The second kappa shape index (κ2) is 8.41. The topological polar surface area (TPSA) is 54.6 Å². The van der Waals surface area contributed by atoms with E-state index < -0.39 is 0 Å². The van der Waals surface area contributed by atoms with E-state index in [0.717, 1.165) is 25.9 Å². The molecule has 28 heavy (non-hydrogen) atoms. The summed E-state index contributed by atoms with van der Waals surface area (Å²) in [6, 6.07) is 8.74. The van der Waals surface area contributed by atoms with Gasteiger partial charge in [-0.3, -0.25) is 4.90 Å². The number of halogens is 1. The van der Waals surface area contributed by atoms with Crippen LogP contribution in [0.3, 0.4) is 0 Å². The fraction of sp³-hybridized carbons (Fsp3) is 0.409. The van der Waals surface area contributed by atoms with E-state index in [1.54, 1.807) is 7.11 Å². The third-order valence-corrected chi connectivity index (χ3v) is 6.08. The summed E-state index contributed by atoms with van der Waals surface area (Å²) in [5.41, 5.74) is 4.48. The Bertz CT molecular complexity index is 911. The first-order chi connectivity index (χ1) is 13.2. The summed E-state index contributed by atoms with van der Waals surface area (Å²) in [5, 5.41) is 1.31. The van der Waals surface area contributed by atoms with Gasteiger partial charge in [0.25, 0.3) is 0 Å². The molecule has 0 bridgehead atoms. The first kappa shape index (κ1) is 20.5. The zero-order valence-corrected chi connectivity index (χ0v) is 17.0. The van der Waals surface area contributed by atoms with Gasteiger partial charge in [0.05, 0.1) is 32.1 Å². The highest BCUT2D eigenvalue weighted by Crippen LogP contribution is 2.45. The molecule has 2 aliphatic heterocycles. The zero-order valence-electron chi connectivity index (χ0n) is 17.3. The zero-order chi connectivity index (χ0) is 19.0. The molecule has 3 heterocycles. The third kappa shape index (κ3) is 3.33. The SMILES string of the molecule is C=C[C@H]1CN2CCc3c([nH]c4ccccc34)[C@@H]2C[C@@H]1C(=COC)C(=O)OC.[Cl-].[H+]. The number of ether oxygens (including phenoxy) is 2. The summed E-state index contributed by atoms with van der Waals surface area (Å²) in [7, 11) is 2.98. The summed E-state index contributed by atoms with van der Waals surface area (Å²) in [5.74, 6) is -0.115. The fourth-order valence-corrected chi connectivity index (χ4v) is 4.80. The van der Waals surface area contributed by atoms with Gasteiger partial charge in [0.2, 0.25) is 0 Å². The molecular formula is C22H27ClN2O3. The van der Waals surface area contributed by atoms with Crippen LogP contribution in [0, 0.1) is 11.8 Å². The predicted octanol–water partition coefficient (Wildman–Crippen LogP) is 0.709. The standard InChI is InChI=1S/C22H26N2O3.ClH/c1-4-14-12-24-10-9-16-15-7-5-6-8-19(15)23-21(16)20(24)11-17(14)18(13-26-2)22(25)27-3;/h4-8,13-14,17,20,23H,1,9-12H2,2-3H3;1H/t14-,17-,20-;/m0./s1. The van der Waals surface area contributed by atoms with E-state index in [1.165, 1.54) is 35.5 Å². The molecule has 2 aromatic rings. The Morgan fingerprint density at radius 3 is 2.86 bits per heavy atom. The van der Waals surface area contributed by atoms with Gasteiger partial charge < -0.3 is 26.9 Å². The number of para-hydroxylation sites is 1. The minimum Gasteiger partial charge on any atom is -1.00 e. The lowest BCUT2D eigenvalue weighted by atomic mass is 9.75. The number of aromatic nitrogens is 1. The van der Waals surface area contributed by atoms with Crippen LogP contribution in [0.4, 0.5) is 0 Å². The van der Waals surface area contributed by atoms with Crippen LogP contribution in [0.15, 0.2) is 48.8 Å². The molecule has 1 aromatic heterocycles. The van der Waals surface area contributed by atoms with Crippen molar-refractivity contribution in [3.63, 3.8) is 0 Å². The highest BCUT2D eigenvalue weighted by molar-refractivity contribution is 5.89. The van der Waals surface area contributed by atoms with Gasteiger partial charge in [-0.2, -0.15) is 0 Å². The molecule has 0 amide bonds. The van der Waals surface area contributed by atoms with Gasteiger partial charge in [-0.15, -0.1) is 6.58 Å². The number of benzene rings is 1. The number of aromatic amines is 1. The Balaban J connectivity index is 0.00000150. The smallest absolute Gasteiger partial charge is 1.00 e. The third-order valence-electron chi connectivity index (χ3n) is 6.08. The number of carbonyl (C=O) groups is 1. The van der Waals surface area contributed by atoms with Crippen LogP contribution in [0.1, 0.15) is 25.1 Å². The van der Waals surface area contributed by atoms with E-state index in [2.05, 4.69) is 40.7 Å². The molecule has 1 fully saturated rings. The van der Waals surface area contributed by atoms with Gasteiger partial charge >= 0.3 is 7.40 Å². The number of nitrogens with zero attached hydrogens (tertiary/aromatic N) is 1. The Morgan fingerprint density at radius 2 is 2.14 bits per heavy atom. The largest absolute Gasteiger partial charge is 1.00 e. The minimum atomic E-state index is -0.324. The summed E-state index contributed by atoms with van der Waals surface area (Å²) < 4.78 is 10.2. The van der Waals surface area contributed by atoms with Crippen molar-refractivity contribution in [2.24, 2.45) is 11.8 Å². The fourth-order valence-electron chi connectivity index (χ4n) is 4.80. The van der Waals surface area contributed by atoms with Crippen molar-refractivity contribution in [2.75, 3.05) is 27.3 Å². The Morgan fingerprint density at radius 1 is 1.36 bits per heavy atom. The van der Waals surface area contributed by atoms with Crippen LogP contribution >= 0.6 is 0 Å². The maximum atomic E-state index is 12.4. The van der Waals surface area contributed by atoms with Crippen LogP contribution in [0.25, 0.3) is 10.9 Å². The number of H-pyrrole nitrogens is 1. The van der Waals surface area contributed by atoms with Crippen molar-refractivity contribution >= 4 is 16.9 Å². The van der Waals surface area contributed by atoms with Crippen molar-refractivity contribution < 1.29 is 28.1 Å². The summed E-state index contributed by atoms with van der Waals surface area (Å²) >= 11 is 0. The minimum absolute atomic E-state index is 0. The molecule has 0 radical (unpaired) electrons. The molecule has 2 aliphatic rings. The van der Waals surface area contributed by atoms with Gasteiger partial charge in [0.1, 0.15) is 0 Å². The number of hydrogen-bond donors (Lipinski definition) is 1. The van der Waals surface area contributed by atoms with E-state index in [1.807, 2.05) is 6.08 Å². The molecule has 0 aliphatic carbocycles. The van der Waals surface area contributed by atoms with E-state index in [9.17, 15) is 4.79 Å². The number of methoxy groups -OCH3 is 2. The number of hydrogen-bond acceptors (Lipinski definition) is 4. The Kier molecular flexibility index (Phi) is 6.16. The van der Waals surface area contributed by atoms with Crippen LogP contribution in [-0.2, 0) is 20.7 Å². The number of carbonyl (C=O) groups excluding carboxylic acids is 1. The molecule has 5 nitrogen and oxygen atoms in total. The summed E-state index contributed by atoms with van der Waals surface area (Å²) in [6.45, 7) is 5.93. The maximum absolute atomic E-state index is 12.4. The molecule has 3 atom stereocenters. The molecule has 4 rings (SSSR count). The lowest BCUT2D eigenvalue weighted by Crippen LogP contribution is -3.00. The van der Waals surface area contributed by atoms with Gasteiger partial charge in [-0.05, 0) is 30.4 Å². The number of piperidine rings is 1. The Labute approximate surface area is 173 Å². The first-order valence-corrected chi connectivity index (χ1v) is 9.45. The molecule has 0 saturated carbocycles. The van der Waals surface area contributed by atoms with Crippen LogP contribution in [-0.4, -0.2) is 43.2 Å². The summed E-state index contributed by atoms with van der Waals surface area (Å²) in [6.07, 6.45) is 5.38. The summed E-state index contributed by atoms with van der Waals surface area (Å²) in [4.78, 5) is 18.5. The average Bonchev–Trinajstić information content (AvgIpc) is 3.09. The maximum Gasteiger partial charge on any atom is 1.00 e. The van der Waals surface area contributed by atoms with E-state index in [-0.39, 0.29) is 37.7 Å². The van der Waals surface area contributed by atoms with Gasteiger partial charge in [0, 0.05) is 35.6 Å². The van der Waals surface area contributed by atoms with Crippen LogP contribution < -0.4 is 12.4 Å². The van der Waals surface area contributed by atoms with E-state index in [4.69, 9.17) is 9.47 Å².